The molecule has 35 heavy (non-hydrogen) atoms. The van der Waals surface area contributed by atoms with Crippen LogP contribution in [0.1, 0.15) is 40.7 Å². The highest BCUT2D eigenvalue weighted by Crippen LogP contribution is 2.18. The highest BCUT2D eigenvalue weighted by atomic mass is 35.5. The minimum absolute atomic E-state index is 0.0615. The number of hydrogen-bond acceptors (Lipinski definition) is 5. The van der Waals surface area contributed by atoms with E-state index in [-0.39, 0.29) is 31.3 Å². The number of nitrogens with two attached hydrogens (primary N) is 1. The minimum atomic E-state index is -0.594. The number of benzene rings is 2. The summed E-state index contributed by atoms with van der Waals surface area (Å²) >= 11 is 6.07. The molecule has 0 aliphatic rings. The predicted octanol–water partition coefficient (Wildman–Crippen LogP) is 2.44. The SMILES string of the molecule is CCNC(=O)C(Cn1ncc(C)c(CC(=O)NCc2cc(Cl)ccc2CN)c1=O)c1ccccc1. The molecule has 0 radical (unpaired) electrons. The van der Waals surface area contributed by atoms with E-state index < -0.39 is 11.5 Å². The van der Waals surface area contributed by atoms with E-state index in [1.807, 2.05) is 43.3 Å². The summed E-state index contributed by atoms with van der Waals surface area (Å²) in [6.45, 7) is 4.69. The van der Waals surface area contributed by atoms with Crippen LogP contribution >= 0.6 is 11.6 Å². The molecule has 3 rings (SSSR count). The third kappa shape index (κ3) is 6.77. The maximum absolute atomic E-state index is 13.2. The summed E-state index contributed by atoms with van der Waals surface area (Å²) in [6.07, 6.45) is 1.44. The largest absolute Gasteiger partial charge is 0.356 e. The lowest BCUT2D eigenvalue weighted by Gasteiger charge is -2.18. The van der Waals surface area contributed by atoms with E-state index >= 15 is 0 Å². The van der Waals surface area contributed by atoms with E-state index in [2.05, 4.69) is 15.7 Å². The lowest BCUT2D eigenvalue weighted by Crippen LogP contribution is -2.37. The predicted molar refractivity (Wildman–Crippen MR) is 136 cm³/mol. The van der Waals surface area contributed by atoms with Crippen LogP contribution in [-0.4, -0.2) is 28.1 Å². The van der Waals surface area contributed by atoms with Crippen LogP contribution in [-0.2, 0) is 35.6 Å². The van der Waals surface area contributed by atoms with Crippen LogP contribution in [0, 0.1) is 6.92 Å². The van der Waals surface area contributed by atoms with E-state index in [9.17, 15) is 14.4 Å². The number of nitrogens with zero attached hydrogens (tertiary/aromatic N) is 2. The summed E-state index contributed by atoms with van der Waals surface area (Å²) < 4.78 is 1.26. The molecule has 3 aromatic rings. The third-order valence-electron chi connectivity index (χ3n) is 5.79. The second-order valence-corrected chi connectivity index (χ2v) is 8.66. The van der Waals surface area contributed by atoms with Gasteiger partial charge in [-0.25, -0.2) is 4.68 Å². The zero-order chi connectivity index (χ0) is 25.4. The number of hydrogen-bond donors (Lipinski definition) is 3. The zero-order valence-corrected chi connectivity index (χ0v) is 20.6. The summed E-state index contributed by atoms with van der Waals surface area (Å²) in [4.78, 5) is 38.7. The van der Waals surface area contributed by atoms with E-state index in [1.165, 1.54) is 4.68 Å². The molecule has 0 spiro atoms. The van der Waals surface area contributed by atoms with Gasteiger partial charge < -0.3 is 16.4 Å². The van der Waals surface area contributed by atoms with Gasteiger partial charge in [-0.2, -0.15) is 5.10 Å². The first-order valence-corrected chi connectivity index (χ1v) is 11.8. The van der Waals surface area contributed by atoms with Gasteiger partial charge in [0.25, 0.3) is 5.56 Å². The molecule has 2 amide bonds. The van der Waals surface area contributed by atoms with Gasteiger partial charge in [0.2, 0.25) is 11.8 Å². The van der Waals surface area contributed by atoms with Crippen LogP contribution in [0.3, 0.4) is 0 Å². The van der Waals surface area contributed by atoms with Crippen LogP contribution < -0.4 is 21.9 Å². The van der Waals surface area contributed by atoms with Crippen molar-refractivity contribution < 1.29 is 9.59 Å². The number of carbonyl (C=O) groups is 2. The number of nitrogens with one attached hydrogen (secondary N) is 2. The van der Waals surface area contributed by atoms with Crippen LogP contribution in [0.5, 0.6) is 0 Å². The lowest BCUT2D eigenvalue weighted by molar-refractivity contribution is -0.123. The molecule has 0 saturated heterocycles. The number of rotatable bonds is 10. The maximum Gasteiger partial charge on any atom is 0.270 e. The second kappa shape index (κ2) is 12.3. The molecule has 1 aromatic heterocycles. The number of halogens is 1. The van der Waals surface area contributed by atoms with Crippen molar-refractivity contribution in [3.05, 3.63) is 97.9 Å². The van der Waals surface area contributed by atoms with Gasteiger partial charge in [-0.15, -0.1) is 0 Å². The molecule has 0 saturated carbocycles. The van der Waals surface area contributed by atoms with E-state index in [0.717, 1.165) is 16.7 Å². The number of aromatic nitrogens is 2. The van der Waals surface area contributed by atoms with Crippen molar-refractivity contribution in [3.8, 4) is 0 Å². The summed E-state index contributed by atoms with van der Waals surface area (Å²) in [7, 11) is 0. The fraction of sp³-hybridized carbons (Fsp3) is 0.308. The summed E-state index contributed by atoms with van der Waals surface area (Å²) in [5.41, 5.74) is 8.82. The number of likely N-dealkylation sites (N-methyl/N-ethyl adjacent to an activating group) is 1. The molecule has 1 atom stereocenters. The molecule has 4 N–H and O–H groups in total. The molecule has 1 unspecified atom stereocenters. The highest BCUT2D eigenvalue weighted by Gasteiger charge is 2.23. The fourth-order valence-electron chi connectivity index (χ4n) is 3.83. The topological polar surface area (TPSA) is 119 Å². The first-order valence-electron chi connectivity index (χ1n) is 11.5. The number of amides is 2. The molecule has 1 heterocycles. The van der Waals surface area contributed by atoms with Gasteiger partial charge in [-0.1, -0.05) is 48.0 Å². The molecular weight excluding hydrogens is 466 g/mol. The summed E-state index contributed by atoms with van der Waals surface area (Å²) in [5.74, 6) is -1.10. The van der Waals surface area contributed by atoms with Crippen molar-refractivity contribution in [2.75, 3.05) is 6.54 Å². The van der Waals surface area contributed by atoms with Crippen molar-refractivity contribution in [1.82, 2.24) is 20.4 Å². The highest BCUT2D eigenvalue weighted by molar-refractivity contribution is 6.30. The average molecular weight is 496 g/mol. The van der Waals surface area contributed by atoms with Gasteiger partial charge in [0, 0.05) is 30.2 Å². The van der Waals surface area contributed by atoms with E-state index in [1.54, 1.807) is 25.3 Å². The number of aryl methyl sites for hydroxylation is 1. The summed E-state index contributed by atoms with van der Waals surface area (Å²) in [5, 5.41) is 10.5. The Morgan fingerprint density at radius 2 is 1.86 bits per heavy atom. The molecular formula is C26H30ClN5O3. The molecule has 9 heteroatoms. The Bertz CT molecular complexity index is 1240. The molecule has 2 aromatic carbocycles. The van der Waals surface area contributed by atoms with Crippen LogP contribution in [0.25, 0.3) is 0 Å². The Kier molecular flexibility index (Phi) is 9.17. The standard InChI is InChI=1S/C26H30ClN5O3/c1-3-29-25(34)23(18-7-5-4-6-8-18)16-32-26(35)22(17(2)14-31-32)12-24(33)30-15-20-11-21(27)10-9-19(20)13-28/h4-11,14,23H,3,12-13,15-16,28H2,1-2H3,(H,29,34)(H,30,33). The molecule has 0 fully saturated rings. The van der Waals surface area contributed by atoms with Gasteiger partial charge in [-0.05, 0) is 48.2 Å². The normalized spacial score (nSPS) is 11.7. The Hall–Kier alpha value is -3.49. The fourth-order valence-corrected chi connectivity index (χ4v) is 4.02. The molecule has 0 aliphatic heterocycles. The second-order valence-electron chi connectivity index (χ2n) is 8.22. The van der Waals surface area contributed by atoms with Crippen molar-refractivity contribution in [2.45, 2.75) is 45.8 Å². The number of carbonyl (C=O) groups excluding carboxylic acids is 2. The van der Waals surface area contributed by atoms with E-state index in [4.69, 9.17) is 17.3 Å². The Balaban J connectivity index is 1.79. The molecule has 0 aliphatic carbocycles. The van der Waals surface area contributed by atoms with Gasteiger partial charge in [0.15, 0.2) is 0 Å². The van der Waals surface area contributed by atoms with Crippen molar-refractivity contribution in [2.24, 2.45) is 5.73 Å². The van der Waals surface area contributed by atoms with Crippen molar-refractivity contribution in [3.63, 3.8) is 0 Å². The first-order chi connectivity index (χ1) is 16.8. The van der Waals surface area contributed by atoms with Crippen LogP contribution in [0.15, 0.2) is 59.5 Å². The molecule has 184 valence electrons. The van der Waals surface area contributed by atoms with Gasteiger partial charge >= 0.3 is 0 Å². The first kappa shape index (κ1) is 26.1. The Morgan fingerprint density at radius 3 is 2.54 bits per heavy atom. The Morgan fingerprint density at radius 1 is 1.11 bits per heavy atom. The van der Waals surface area contributed by atoms with Crippen molar-refractivity contribution in [1.29, 1.82) is 0 Å². The maximum atomic E-state index is 13.2. The van der Waals surface area contributed by atoms with Gasteiger partial charge in [-0.3, -0.25) is 14.4 Å². The van der Waals surface area contributed by atoms with Gasteiger partial charge in [0.1, 0.15) is 0 Å². The lowest BCUT2D eigenvalue weighted by atomic mass is 9.98. The van der Waals surface area contributed by atoms with Crippen molar-refractivity contribution >= 4 is 23.4 Å². The van der Waals surface area contributed by atoms with Gasteiger partial charge in [0.05, 0.1) is 25.1 Å². The monoisotopic (exact) mass is 495 g/mol. The third-order valence-corrected chi connectivity index (χ3v) is 6.02. The molecule has 8 nitrogen and oxygen atoms in total. The zero-order valence-electron chi connectivity index (χ0n) is 19.9. The molecule has 0 bridgehead atoms. The van der Waals surface area contributed by atoms with E-state index in [0.29, 0.717) is 29.2 Å². The van der Waals surface area contributed by atoms with Crippen LogP contribution in [0.4, 0.5) is 0 Å². The average Bonchev–Trinajstić information content (AvgIpc) is 2.85. The Labute approximate surface area is 209 Å². The smallest absolute Gasteiger partial charge is 0.270 e. The quantitative estimate of drug-likeness (QED) is 0.399. The minimum Gasteiger partial charge on any atom is -0.356 e. The summed E-state index contributed by atoms with van der Waals surface area (Å²) in [6, 6.07) is 14.6. The van der Waals surface area contributed by atoms with Crippen LogP contribution in [0.2, 0.25) is 5.02 Å².